The second kappa shape index (κ2) is 6.76. The first-order valence-corrected chi connectivity index (χ1v) is 7.25. The van der Waals surface area contributed by atoms with Crippen molar-refractivity contribution in [2.24, 2.45) is 11.7 Å². The van der Waals surface area contributed by atoms with Gasteiger partial charge in [-0.1, -0.05) is 29.3 Å². The molecule has 1 aliphatic rings. The highest BCUT2D eigenvalue weighted by atomic mass is 35.5. The van der Waals surface area contributed by atoms with Crippen molar-refractivity contribution >= 4 is 29.2 Å². The standard InChI is InChI=1S/C14H18Cl2N2O2/c1-20-14(19)10-5-11(17)8-18(7-10)6-9-2-3-12(15)13(16)4-9/h2-4,10-11H,5-8,17H2,1H3. The van der Waals surface area contributed by atoms with E-state index in [0.29, 0.717) is 29.6 Å². The van der Waals surface area contributed by atoms with E-state index in [1.807, 2.05) is 12.1 Å². The van der Waals surface area contributed by atoms with E-state index in [-0.39, 0.29) is 17.9 Å². The SMILES string of the molecule is COC(=O)C1CC(N)CN(Cc2ccc(Cl)c(Cl)c2)C1. The molecule has 0 aliphatic carbocycles. The lowest BCUT2D eigenvalue weighted by atomic mass is 9.94. The summed E-state index contributed by atoms with van der Waals surface area (Å²) in [6, 6.07) is 5.54. The van der Waals surface area contributed by atoms with Crippen LogP contribution in [0.4, 0.5) is 0 Å². The van der Waals surface area contributed by atoms with E-state index in [4.69, 9.17) is 33.7 Å². The van der Waals surface area contributed by atoms with Crippen LogP contribution in [-0.2, 0) is 16.1 Å². The van der Waals surface area contributed by atoms with Crippen LogP contribution < -0.4 is 5.73 Å². The fraction of sp³-hybridized carbons (Fsp3) is 0.500. The Labute approximate surface area is 128 Å². The lowest BCUT2D eigenvalue weighted by molar-refractivity contribution is -0.147. The molecule has 6 heteroatoms. The van der Waals surface area contributed by atoms with Gasteiger partial charge in [0.1, 0.15) is 0 Å². The number of benzene rings is 1. The van der Waals surface area contributed by atoms with Gasteiger partial charge in [0.15, 0.2) is 0 Å². The average Bonchev–Trinajstić information content (AvgIpc) is 2.41. The number of carbonyl (C=O) groups excluding carboxylic acids is 1. The van der Waals surface area contributed by atoms with Gasteiger partial charge >= 0.3 is 5.97 Å². The molecule has 0 amide bonds. The summed E-state index contributed by atoms with van der Waals surface area (Å²) >= 11 is 11.9. The van der Waals surface area contributed by atoms with Gasteiger partial charge in [-0.3, -0.25) is 9.69 Å². The Balaban J connectivity index is 2.04. The van der Waals surface area contributed by atoms with Crippen LogP contribution in [0.15, 0.2) is 18.2 Å². The molecule has 0 radical (unpaired) electrons. The Bertz CT molecular complexity index is 496. The molecule has 20 heavy (non-hydrogen) atoms. The first-order chi connectivity index (χ1) is 9.49. The molecule has 110 valence electrons. The fourth-order valence-corrected chi connectivity index (χ4v) is 2.92. The van der Waals surface area contributed by atoms with E-state index in [9.17, 15) is 4.79 Å². The number of esters is 1. The second-order valence-corrected chi connectivity index (χ2v) is 5.97. The number of halogens is 2. The van der Waals surface area contributed by atoms with Crippen molar-refractivity contribution in [2.45, 2.75) is 19.0 Å². The van der Waals surface area contributed by atoms with E-state index in [1.165, 1.54) is 7.11 Å². The molecule has 0 aromatic heterocycles. The van der Waals surface area contributed by atoms with Crippen molar-refractivity contribution in [2.75, 3.05) is 20.2 Å². The first-order valence-electron chi connectivity index (χ1n) is 6.49. The molecule has 0 spiro atoms. The van der Waals surface area contributed by atoms with Crippen LogP contribution >= 0.6 is 23.2 Å². The molecule has 0 saturated carbocycles. The summed E-state index contributed by atoms with van der Waals surface area (Å²) in [5.41, 5.74) is 7.07. The summed E-state index contributed by atoms with van der Waals surface area (Å²) in [6.45, 7) is 2.10. The number of methoxy groups -OCH3 is 1. The molecule has 2 rings (SSSR count). The van der Waals surface area contributed by atoms with Crippen molar-refractivity contribution in [3.05, 3.63) is 33.8 Å². The van der Waals surface area contributed by atoms with Gasteiger partial charge in [0.05, 0.1) is 23.1 Å². The van der Waals surface area contributed by atoms with Gasteiger partial charge in [0.2, 0.25) is 0 Å². The molecule has 1 aliphatic heterocycles. The molecule has 1 aromatic carbocycles. The monoisotopic (exact) mass is 316 g/mol. The summed E-state index contributed by atoms with van der Waals surface area (Å²) in [5, 5.41) is 1.08. The Morgan fingerprint density at radius 1 is 1.40 bits per heavy atom. The highest BCUT2D eigenvalue weighted by Gasteiger charge is 2.30. The third-order valence-corrected chi connectivity index (χ3v) is 4.22. The molecule has 2 N–H and O–H groups in total. The van der Waals surface area contributed by atoms with Crippen LogP contribution in [0.3, 0.4) is 0 Å². The Morgan fingerprint density at radius 3 is 2.80 bits per heavy atom. The number of hydrogen-bond acceptors (Lipinski definition) is 4. The molecule has 1 aromatic rings. The lowest BCUT2D eigenvalue weighted by Gasteiger charge is -2.35. The largest absolute Gasteiger partial charge is 0.469 e. The summed E-state index contributed by atoms with van der Waals surface area (Å²) in [5.74, 6) is -0.356. The van der Waals surface area contributed by atoms with Gasteiger partial charge in [0, 0.05) is 25.7 Å². The predicted octanol–water partition coefficient (Wildman–Crippen LogP) is 2.32. The summed E-state index contributed by atoms with van der Waals surface area (Å²) in [7, 11) is 1.41. The maximum absolute atomic E-state index is 11.7. The van der Waals surface area contributed by atoms with E-state index in [1.54, 1.807) is 6.07 Å². The van der Waals surface area contributed by atoms with E-state index in [2.05, 4.69) is 4.90 Å². The van der Waals surface area contributed by atoms with Crippen LogP contribution in [0, 0.1) is 5.92 Å². The van der Waals surface area contributed by atoms with Gasteiger partial charge in [0.25, 0.3) is 0 Å². The number of nitrogens with two attached hydrogens (primary N) is 1. The van der Waals surface area contributed by atoms with Crippen LogP contribution in [0.25, 0.3) is 0 Å². The van der Waals surface area contributed by atoms with Gasteiger partial charge in [-0.2, -0.15) is 0 Å². The summed E-state index contributed by atoms with van der Waals surface area (Å²) in [6.07, 6.45) is 0.671. The molecular formula is C14H18Cl2N2O2. The molecular weight excluding hydrogens is 299 g/mol. The maximum Gasteiger partial charge on any atom is 0.310 e. The zero-order valence-corrected chi connectivity index (χ0v) is 12.8. The van der Waals surface area contributed by atoms with Crippen molar-refractivity contribution in [1.82, 2.24) is 4.90 Å². The second-order valence-electron chi connectivity index (χ2n) is 5.16. The number of carbonyl (C=O) groups is 1. The molecule has 1 fully saturated rings. The van der Waals surface area contributed by atoms with Crippen LogP contribution in [0.5, 0.6) is 0 Å². The zero-order valence-electron chi connectivity index (χ0n) is 11.3. The van der Waals surface area contributed by atoms with Crippen molar-refractivity contribution in [3.63, 3.8) is 0 Å². The minimum Gasteiger partial charge on any atom is -0.469 e. The highest BCUT2D eigenvalue weighted by molar-refractivity contribution is 6.42. The van der Waals surface area contributed by atoms with Gasteiger partial charge in [-0.05, 0) is 24.1 Å². The van der Waals surface area contributed by atoms with E-state index in [0.717, 1.165) is 12.1 Å². The smallest absolute Gasteiger partial charge is 0.310 e. The minimum absolute atomic E-state index is 0.0179. The van der Waals surface area contributed by atoms with E-state index < -0.39 is 0 Å². The topological polar surface area (TPSA) is 55.6 Å². The van der Waals surface area contributed by atoms with Gasteiger partial charge in [-0.15, -0.1) is 0 Å². The van der Waals surface area contributed by atoms with Crippen molar-refractivity contribution in [3.8, 4) is 0 Å². The summed E-state index contributed by atoms with van der Waals surface area (Å²) in [4.78, 5) is 13.8. The van der Waals surface area contributed by atoms with E-state index >= 15 is 0 Å². The molecule has 1 saturated heterocycles. The number of likely N-dealkylation sites (tertiary alicyclic amines) is 1. The Morgan fingerprint density at radius 2 is 2.15 bits per heavy atom. The third kappa shape index (κ3) is 3.85. The first kappa shape index (κ1) is 15.6. The molecule has 1 heterocycles. The van der Waals surface area contributed by atoms with Crippen molar-refractivity contribution in [1.29, 1.82) is 0 Å². The number of rotatable bonds is 3. The normalized spacial score (nSPS) is 23.6. The Hall–Kier alpha value is -0.810. The number of hydrogen-bond donors (Lipinski definition) is 1. The van der Waals surface area contributed by atoms with Crippen molar-refractivity contribution < 1.29 is 9.53 Å². The number of ether oxygens (including phenoxy) is 1. The Kier molecular flexibility index (Phi) is 5.27. The lowest BCUT2D eigenvalue weighted by Crippen LogP contribution is -2.48. The molecule has 2 unspecified atom stereocenters. The quantitative estimate of drug-likeness (QED) is 0.869. The van der Waals surface area contributed by atoms with Crippen LogP contribution in [0.2, 0.25) is 10.0 Å². The van der Waals surface area contributed by atoms with Crippen LogP contribution in [0.1, 0.15) is 12.0 Å². The summed E-state index contributed by atoms with van der Waals surface area (Å²) < 4.78 is 4.81. The van der Waals surface area contributed by atoms with Crippen LogP contribution in [-0.4, -0.2) is 37.1 Å². The average molecular weight is 317 g/mol. The highest BCUT2D eigenvalue weighted by Crippen LogP contribution is 2.25. The molecule has 4 nitrogen and oxygen atoms in total. The minimum atomic E-state index is -0.195. The zero-order chi connectivity index (χ0) is 14.7. The maximum atomic E-state index is 11.7. The fourth-order valence-electron chi connectivity index (χ4n) is 2.60. The molecule has 2 atom stereocenters. The van der Waals surface area contributed by atoms with Gasteiger partial charge in [-0.25, -0.2) is 0 Å². The third-order valence-electron chi connectivity index (χ3n) is 3.48. The predicted molar refractivity (Wildman–Crippen MR) is 79.8 cm³/mol. The molecule has 0 bridgehead atoms. The number of piperidine rings is 1. The van der Waals surface area contributed by atoms with Gasteiger partial charge < -0.3 is 10.5 Å². The number of nitrogens with zero attached hydrogens (tertiary/aromatic N) is 1.